The zero-order valence-electron chi connectivity index (χ0n) is 11.0. The van der Waals surface area contributed by atoms with Gasteiger partial charge in [-0.05, 0) is 42.0 Å². The maximum Gasteiger partial charge on any atom is 0.231 e. The van der Waals surface area contributed by atoms with Crippen LogP contribution in [0.2, 0.25) is 0 Å². The summed E-state index contributed by atoms with van der Waals surface area (Å²) < 4.78 is 10.6. The summed E-state index contributed by atoms with van der Waals surface area (Å²) >= 11 is 5.16. The summed E-state index contributed by atoms with van der Waals surface area (Å²) in [6.07, 6.45) is 1.57. The molecule has 3 rings (SSSR count). The topological polar surface area (TPSA) is 75.6 Å². The van der Waals surface area contributed by atoms with Crippen molar-refractivity contribution in [3.63, 3.8) is 0 Å². The zero-order valence-corrected chi connectivity index (χ0v) is 11.8. The molecule has 0 fully saturated rings. The highest BCUT2D eigenvalue weighted by Crippen LogP contribution is 2.32. The Morgan fingerprint density at radius 1 is 1.29 bits per heavy atom. The van der Waals surface area contributed by atoms with Crippen LogP contribution in [0.3, 0.4) is 0 Å². The summed E-state index contributed by atoms with van der Waals surface area (Å²) in [4.78, 5) is 4.00. The van der Waals surface area contributed by atoms with Crippen LogP contribution in [0.15, 0.2) is 36.5 Å². The number of nitrogens with one attached hydrogen (secondary N) is 2. The Hall–Kier alpha value is -2.54. The molecule has 0 aliphatic carbocycles. The summed E-state index contributed by atoms with van der Waals surface area (Å²) in [6, 6.07) is 8.87. The van der Waals surface area contributed by atoms with Crippen LogP contribution >= 0.6 is 12.2 Å². The highest BCUT2D eigenvalue weighted by atomic mass is 32.1. The summed E-state index contributed by atoms with van der Waals surface area (Å²) in [7, 11) is 0. The molecule has 108 valence electrons. The van der Waals surface area contributed by atoms with E-state index in [0.29, 0.717) is 17.5 Å². The second-order valence-corrected chi connectivity index (χ2v) is 4.77. The van der Waals surface area contributed by atoms with Gasteiger partial charge in [0.1, 0.15) is 0 Å². The first-order valence-corrected chi connectivity index (χ1v) is 6.70. The fourth-order valence-corrected chi connectivity index (χ4v) is 2.05. The molecule has 0 atom stereocenters. The molecule has 21 heavy (non-hydrogen) atoms. The predicted molar refractivity (Wildman–Crippen MR) is 81.5 cm³/mol. The van der Waals surface area contributed by atoms with Gasteiger partial charge in [-0.1, -0.05) is 6.07 Å². The Bertz CT molecular complexity index is 678. The van der Waals surface area contributed by atoms with Crippen LogP contribution in [0.4, 0.5) is 5.82 Å². The van der Waals surface area contributed by atoms with E-state index in [1.54, 1.807) is 12.3 Å². The van der Waals surface area contributed by atoms with Crippen molar-refractivity contribution in [1.29, 1.82) is 0 Å². The van der Waals surface area contributed by atoms with Crippen LogP contribution in [0.1, 0.15) is 5.56 Å². The lowest BCUT2D eigenvalue weighted by Crippen LogP contribution is -2.28. The molecule has 2 heterocycles. The maximum atomic E-state index is 9.61. The SMILES string of the molecule is Oc1cccnc1NC(=S)NCc1ccc2c(c1)OCO2. The average Bonchev–Trinajstić information content (AvgIpc) is 2.95. The molecule has 0 amide bonds. The van der Waals surface area contributed by atoms with Gasteiger partial charge in [0.15, 0.2) is 28.2 Å². The van der Waals surface area contributed by atoms with Gasteiger partial charge in [0.25, 0.3) is 0 Å². The first kappa shape index (κ1) is 13.4. The minimum atomic E-state index is 0.0460. The normalized spacial score (nSPS) is 12.0. The van der Waals surface area contributed by atoms with Crippen LogP contribution in [-0.2, 0) is 6.54 Å². The second-order valence-electron chi connectivity index (χ2n) is 4.37. The summed E-state index contributed by atoms with van der Waals surface area (Å²) in [5.41, 5.74) is 1.01. The molecular weight excluding hydrogens is 290 g/mol. The highest BCUT2D eigenvalue weighted by molar-refractivity contribution is 7.80. The minimum absolute atomic E-state index is 0.0460. The largest absolute Gasteiger partial charge is 0.504 e. The van der Waals surface area contributed by atoms with Crippen molar-refractivity contribution in [3.8, 4) is 17.2 Å². The zero-order chi connectivity index (χ0) is 14.7. The Kier molecular flexibility index (Phi) is 3.74. The van der Waals surface area contributed by atoms with Gasteiger partial charge in [-0.2, -0.15) is 0 Å². The lowest BCUT2D eigenvalue weighted by Gasteiger charge is -2.11. The number of aromatic hydroxyl groups is 1. The molecule has 0 unspecified atom stereocenters. The molecule has 0 spiro atoms. The molecule has 1 aromatic carbocycles. The molecule has 7 heteroatoms. The summed E-state index contributed by atoms with van der Waals surface area (Å²) in [6.45, 7) is 0.779. The molecule has 1 aliphatic heterocycles. The molecule has 2 aromatic rings. The maximum absolute atomic E-state index is 9.61. The number of rotatable bonds is 3. The lowest BCUT2D eigenvalue weighted by molar-refractivity contribution is 0.174. The molecule has 1 aromatic heterocycles. The van der Waals surface area contributed by atoms with Gasteiger partial charge in [-0.25, -0.2) is 4.98 Å². The third-order valence-electron chi connectivity index (χ3n) is 2.91. The van der Waals surface area contributed by atoms with E-state index >= 15 is 0 Å². The van der Waals surface area contributed by atoms with Crippen molar-refractivity contribution in [2.24, 2.45) is 0 Å². The van der Waals surface area contributed by atoms with Gasteiger partial charge in [0.05, 0.1) is 0 Å². The Morgan fingerprint density at radius 2 is 2.14 bits per heavy atom. The third-order valence-corrected chi connectivity index (χ3v) is 3.15. The predicted octanol–water partition coefficient (Wildman–Crippen LogP) is 2.00. The van der Waals surface area contributed by atoms with Gasteiger partial charge >= 0.3 is 0 Å². The average molecular weight is 303 g/mol. The van der Waals surface area contributed by atoms with Crippen LogP contribution in [0, 0.1) is 0 Å². The van der Waals surface area contributed by atoms with Crippen molar-refractivity contribution < 1.29 is 14.6 Å². The van der Waals surface area contributed by atoms with E-state index in [2.05, 4.69) is 15.6 Å². The molecule has 6 nitrogen and oxygen atoms in total. The van der Waals surface area contributed by atoms with Crippen molar-refractivity contribution >= 4 is 23.1 Å². The quantitative estimate of drug-likeness (QED) is 0.749. The second kappa shape index (κ2) is 5.84. The van der Waals surface area contributed by atoms with E-state index in [0.717, 1.165) is 17.1 Å². The number of hydrogen-bond acceptors (Lipinski definition) is 5. The van der Waals surface area contributed by atoms with Gasteiger partial charge in [0.2, 0.25) is 6.79 Å². The number of ether oxygens (including phenoxy) is 2. The van der Waals surface area contributed by atoms with Crippen LogP contribution in [-0.4, -0.2) is 22.0 Å². The number of thiocarbonyl (C=S) groups is 1. The summed E-state index contributed by atoms with van der Waals surface area (Å²) in [5.74, 6) is 1.85. The van der Waals surface area contributed by atoms with E-state index in [4.69, 9.17) is 21.7 Å². The number of nitrogens with zero attached hydrogens (tertiary/aromatic N) is 1. The molecule has 3 N–H and O–H groups in total. The van der Waals surface area contributed by atoms with E-state index in [1.807, 2.05) is 18.2 Å². The number of fused-ring (bicyclic) bond motifs is 1. The number of benzene rings is 1. The molecule has 0 bridgehead atoms. The van der Waals surface area contributed by atoms with Gasteiger partial charge in [-0.15, -0.1) is 0 Å². The Morgan fingerprint density at radius 3 is 3.00 bits per heavy atom. The van der Waals surface area contributed by atoms with Gasteiger partial charge in [-0.3, -0.25) is 0 Å². The highest BCUT2D eigenvalue weighted by Gasteiger charge is 2.13. The molecule has 1 aliphatic rings. The van der Waals surface area contributed by atoms with Gasteiger partial charge in [0, 0.05) is 12.7 Å². The van der Waals surface area contributed by atoms with Crippen LogP contribution in [0.25, 0.3) is 0 Å². The van der Waals surface area contributed by atoms with Gasteiger partial charge < -0.3 is 25.2 Å². The van der Waals surface area contributed by atoms with Crippen LogP contribution in [0.5, 0.6) is 17.2 Å². The van der Waals surface area contributed by atoms with Crippen molar-refractivity contribution in [3.05, 3.63) is 42.1 Å². The first-order valence-electron chi connectivity index (χ1n) is 6.30. The standard InChI is InChI=1S/C14H13N3O3S/c18-10-2-1-5-15-13(10)17-14(21)16-7-9-3-4-11-12(6-9)20-8-19-11/h1-6,18H,7-8H2,(H2,15,16,17,21). The molecular formula is C14H13N3O3S. The van der Waals surface area contributed by atoms with E-state index in [9.17, 15) is 5.11 Å². The van der Waals surface area contributed by atoms with Crippen molar-refractivity contribution in [1.82, 2.24) is 10.3 Å². The third kappa shape index (κ3) is 3.14. The molecule has 0 saturated heterocycles. The van der Waals surface area contributed by atoms with Crippen molar-refractivity contribution in [2.75, 3.05) is 12.1 Å². The molecule has 0 saturated carbocycles. The number of hydrogen-bond donors (Lipinski definition) is 3. The first-order chi connectivity index (χ1) is 10.2. The number of anilines is 1. The fraction of sp³-hybridized carbons (Fsp3) is 0.143. The summed E-state index contributed by atoms with van der Waals surface area (Å²) in [5, 5.41) is 15.9. The Balaban J connectivity index is 1.58. The van der Waals surface area contributed by atoms with E-state index < -0.39 is 0 Å². The lowest BCUT2D eigenvalue weighted by atomic mass is 10.2. The van der Waals surface area contributed by atoms with E-state index in [-0.39, 0.29) is 12.5 Å². The number of aromatic nitrogens is 1. The Labute approximate surface area is 126 Å². The number of pyridine rings is 1. The fourth-order valence-electron chi connectivity index (χ4n) is 1.88. The minimum Gasteiger partial charge on any atom is -0.504 e. The monoisotopic (exact) mass is 303 g/mol. The van der Waals surface area contributed by atoms with E-state index in [1.165, 1.54) is 6.07 Å². The van der Waals surface area contributed by atoms with Crippen LogP contribution < -0.4 is 20.1 Å². The molecule has 0 radical (unpaired) electrons. The van der Waals surface area contributed by atoms with Crippen molar-refractivity contribution in [2.45, 2.75) is 6.54 Å². The smallest absolute Gasteiger partial charge is 0.231 e.